The highest BCUT2D eigenvalue weighted by atomic mass is 16.5. The number of amides is 1. The molecule has 1 aromatic rings. The molecule has 86 valence electrons. The molecule has 0 unspecified atom stereocenters. The topological polar surface area (TPSA) is 29.5 Å². The van der Waals surface area contributed by atoms with Crippen molar-refractivity contribution in [3.05, 3.63) is 42.5 Å². The second-order valence-corrected chi connectivity index (χ2v) is 3.36. The number of likely N-dealkylation sites (N-methyl/N-ethyl adjacent to an activating group) is 1. The molecule has 0 aliphatic heterocycles. The number of nitrogens with zero attached hydrogens (tertiary/aromatic N) is 1. The molecule has 0 aromatic heterocycles. The van der Waals surface area contributed by atoms with Crippen molar-refractivity contribution >= 4 is 5.91 Å². The molecule has 0 aliphatic rings. The third-order valence-electron chi connectivity index (χ3n) is 2.36. The van der Waals surface area contributed by atoms with Gasteiger partial charge in [-0.3, -0.25) is 4.79 Å². The number of carbonyl (C=O) groups is 1. The highest BCUT2D eigenvalue weighted by molar-refractivity contribution is 5.94. The Hall–Kier alpha value is -1.77. The Morgan fingerprint density at radius 1 is 1.44 bits per heavy atom. The smallest absolute Gasteiger partial charge is 0.254 e. The lowest BCUT2D eigenvalue weighted by molar-refractivity contribution is 0.0782. The fraction of sp³-hybridized carbons (Fsp3) is 0.308. The zero-order chi connectivity index (χ0) is 12.0. The molecular formula is C13H17NO2. The van der Waals surface area contributed by atoms with Gasteiger partial charge in [0.2, 0.25) is 0 Å². The van der Waals surface area contributed by atoms with Crippen LogP contribution in [0.25, 0.3) is 0 Å². The Morgan fingerprint density at radius 3 is 2.50 bits per heavy atom. The Balaban J connectivity index is 2.81. The van der Waals surface area contributed by atoms with Gasteiger partial charge in [-0.25, -0.2) is 0 Å². The van der Waals surface area contributed by atoms with Gasteiger partial charge in [0.25, 0.3) is 5.91 Å². The zero-order valence-electron chi connectivity index (χ0n) is 9.77. The van der Waals surface area contributed by atoms with Crippen LogP contribution < -0.4 is 4.74 Å². The van der Waals surface area contributed by atoms with E-state index in [2.05, 4.69) is 6.58 Å². The number of hydrogen-bond acceptors (Lipinski definition) is 2. The summed E-state index contributed by atoms with van der Waals surface area (Å²) in [5, 5.41) is 0. The van der Waals surface area contributed by atoms with Crippen LogP contribution in [0.5, 0.6) is 5.75 Å². The van der Waals surface area contributed by atoms with Crippen molar-refractivity contribution < 1.29 is 9.53 Å². The first-order chi connectivity index (χ1) is 7.72. The number of benzene rings is 1. The third-order valence-corrected chi connectivity index (χ3v) is 2.36. The van der Waals surface area contributed by atoms with E-state index in [0.29, 0.717) is 18.7 Å². The molecule has 1 aromatic carbocycles. The molecule has 0 atom stereocenters. The highest BCUT2D eigenvalue weighted by Gasteiger charge is 2.12. The standard InChI is InChI=1S/C13H17NO2/c1-4-10-14(5-2)13(15)11-6-8-12(16-3)9-7-11/h4,6-9H,1,5,10H2,2-3H3. The highest BCUT2D eigenvalue weighted by Crippen LogP contribution is 2.12. The van der Waals surface area contributed by atoms with Gasteiger partial charge in [0.05, 0.1) is 7.11 Å². The molecule has 0 bridgehead atoms. The molecule has 0 N–H and O–H groups in total. The Kier molecular flexibility index (Phi) is 4.58. The fourth-order valence-electron chi connectivity index (χ4n) is 1.43. The van der Waals surface area contributed by atoms with Crippen molar-refractivity contribution in [2.45, 2.75) is 6.92 Å². The number of rotatable bonds is 5. The van der Waals surface area contributed by atoms with Gasteiger partial charge in [-0.15, -0.1) is 6.58 Å². The third kappa shape index (κ3) is 2.86. The fourth-order valence-corrected chi connectivity index (χ4v) is 1.43. The Bertz CT molecular complexity index is 357. The SMILES string of the molecule is C=CCN(CC)C(=O)c1ccc(OC)cc1. The predicted molar refractivity (Wildman–Crippen MR) is 64.8 cm³/mol. The van der Waals surface area contributed by atoms with E-state index < -0.39 is 0 Å². The molecule has 0 fully saturated rings. The lowest BCUT2D eigenvalue weighted by Crippen LogP contribution is -2.30. The molecule has 0 heterocycles. The van der Waals surface area contributed by atoms with Gasteiger partial charge < -0.3 is 9.64 Å². The summed E-state index contributed by atoms with van der Waals surface area (Å²) in [6, 6.07) is 7.11. The van der Waals surface area contributed by atoms with E-state index in [0.717, 1.165) is 5.75 Å². The van der Waals surface area contributed by atoms with Crippen molar-refractivity contribution in [3.63, 3.8) is 0 Å². The summed E-state index contributed by atoms with van der Waals surface area (Å²) >= 11 is 0. The maximum atomic E-state index is 12.0. The minimum Gasteiger partial charge on any atom is -0.497 e. The largest absolute Gasteiger partial charge is 0.497 e. The van der Waals surface area contributed by atoms with Gasteiger partial charge in [-0.05, 0) is 31.2 Å². The van der Waals surface area contributed by atoms with Crippen molar-refractivity contribution in [2.24, 2.45) is 0 Å². The second-order valence-electron chi connectivity index (χ2n) is 3.36. The van der Waals surface area contributed by atoms with Crippen LogP contribution in [0.3, 0.4) is 0 Å². The van der Waals surface area contributed by atoms with Gasteiger partial charge in [0.15, 0.2) is 0 Å². The molecule has 1 amide bonds. The minimum atomic E-state index is 0.0186. The quantitative estimate of drug-likeness (QED) is 0.711. The summed E-state index contributed by atoms with van der Waals surface area (Å²) in [5.74, 6) is 0.772. The van der Waals surface area contributed by atoms with E-state index in [1.54, 1.807) is 42.4 Å². The summed E-state index contributed by atoms with van der Waals surface area (Å²) in [7, 11) is 1.60. The summed E-state index contributed by atoms with van der Waals surface area (Å²) in [6.07, 6.45) is 1.73. The molecular weight excluding hydrogens is 202 g/mol. The maximum Gasteiger partial charge on any atom is 0.254 e. The number of ether oxygens (including phenoxy) is 1. The lowest BCUT2D eigenvalue weighted by Gasteiger charge is -2.18. The molecule has 1 rings (SSSR count). The molecule has 16 heavy (non-hydrogen) atoms. The maximum absolute atomic E-state index is 12.0. The van der Waals surface area contributed by atoms with Gasteiger partial charge >= 0.3 is 0 Å². The van der Waals surface area contributed by atoms with Crippen molar-refractivity contribution in [1.82, 2.24) is 4.90 Å². The van der Waals surface area contributed by atoms with Crippen molar-refractivity contribution in [2.75, 3.05) is 20.2 Å². The van der Waals surface area contributed by atoms with E-state index >= 15 is 0 Å². The zero-order valence-corrected chi connectivity index (χ0v) is 9.77. The molecule has 3 heteroatoms. The first-order valence-corrected chi connectivity index (χ1v) is 5.27. The molecule has 0 spiro atoms. The van der Waals surface area contributed by atoms with Crippen LogP contribution >= 0.6 is 0 Å². The second kappa shape index (κ2) is 5.95. The van der Waals surface area contributed by atoms with E-state index in [1.807, 2.05) is 6.92 Å². The van der Waals surface area contributed by atoms with Gasteiger partial charge in [-0.2, -0.15) is 0 Å². The normalized spacial score (nSPS) is 9.62. The number of methoxy groups -OCH3 is 1. The summed E-state index contributed by atoms with van der Waals surface area (Å²) < 4.78 is 5.04. The van der Waals surface area contributed by atoms with Crippen LogP contribution in [0.4, 0.5) is 0 Å². The first-order valence-electron chi connectivity index (χ1n) is 5.27. The van der Waals surface area contributed by atoms with Crippen LogP contribution in [0.2, 0.25) is 0 Å². The van der Waals surface area contributed by atoms with E-state index in [1.165, 1.54) is 0 Å². The van der Waals surface area contributed by atoms with Gasteiger partial charge in [0.1, 0.15) is 5.75 Å². The molecule has 0 radical (unpaired) electrons. The van der Waals surface area contributed by atoms with Crippen LogP contribution in [-0.4, -0.2) is 31.0 Å². The average Bonchev–Trinajstić information content (AvgIpc) is 2.35. The van der Waals surface area contributed by atoms with Crippen molar-refractivity contribution in [1.29, 1.82) is 0 Å². The molecule has 0 saturated heterocycles. The summed E-state index contributed by atoms with van der Waals surface area (Å²) in [5.41, 5.74) is 0.671. The molecule has 3 nitrogen and oxygen atoms in total. The predicted octanol–water partition coefficient (Wildman–Crippen LogP) is 2.34. The monoisotopic (exact) mass is 219 g/mol. The lowest BCUT2D eigenvalue weighted by atomic mass is 10.2. The van der Waals surface area contributed by atoms with E-state index in [-0.39, 0.29) is 5.91 Å². The van der Waals surface area contributed by atoms with E-state index in [4.69, 9.17) is 4.74 Å². The van der Waals surface area contributed by atoms with Crippen LogP contribution in [-0.2, 0) is 0 Å². The Morgan fingerprint density at radius 2 is 2.06 bits per heavy atom. The minimum absolute atomic E-state index is 0.0186. The summed E-state index contributed by atoms with van der Waals surface area (Å²) in [4.78, 5) is 13.7. The molecule has 0 aliphatic carbocycles. The van der Waals surface area contributed by atoms with Gasteiger partial charge in [0, 0.05) is 18.7 Å². The van der Waals surface area contributed by atoms with Crippen molar-refractivity contribution in [3.8, 4) is 5.75 Å². The van der Waals surface area contributed by atoms with Crippen LogP contribution in [0, 0.1) is 0 Å². The Labute approximate surface area is 96.3 Å². The summed E-state index contributed by atoms with van der Waals surface area (Å²) in [6.45, 7) is 6.84. The van der Waals surface area contributed by atoms with E-state index in [9.17, 15) is 4.79 Å². The molecule has 0 saturated carbocycles. The average molecular weight is 219 g/mol. The number of hydrogen-bond donors (Lipinski definition) is 0. The van der Waals surface area contributed by atoms with Crippen LogP contribution in [0.15, 0.2) is 36.9 Å². The van der Waals surface area contributed by atoms with Crippen LogP contribution in [0.1, 0.15) is 17.3 Å². The first kappa shape index (κ1) is 12.3. The number of carbonyl (C=O) groups excluding carboxylic acids is 1. The van der Waals surface area contributed by atoms with Gasteiger partial charge in [-0.1, -0.05) is 6.08 Å².